The van der Waals surface area contributed by atoms with Crippen LogP contribution in [0.2, 0.25) is 0 Å². The van der Waals surface area contributed by atoms with E-state index in [0.717, 1.165) is 35.6 Å². The fourth-order valence-corrected chi connectivity index (χ4v) is 3.46. The van der Waals surface area contributed by atoms with E-state index in [0.29, 0.717) is 24.2 Å². The lowest BCUT2D eigenvalue weighted by atomic mass is 9.90. The maximum atomic E-state index is 8.86. The largest absolute Gasteiger partial charge is 0.492 e. The summed E-state index contributed by atoms with van der Waals surface area (Å²) in [5.74, 6) is 3.22. The van der Waals surface area contributed by atoms with Crippen LogP contribution in [0.15, 0.2) is 36.7 Å². The summed E-state index contributed by atoms with van der Waals surface area (Å²) in [5.41, 5.74) is 7.80. The molecule has 2 aliphatic carbocycles. The molecule has 0 amide bonds. The van der Waals surface area contributed by atoms with E-state index in [1.165, 1.54) is 25.2 Å². The number of benzene rings is 1. The van der Waals surface area contributed by atoms with Gasteiger partial charge in [-0.3, -0.25) is 5.10 Å². The minimum Gasteiger partial charge on any atom is -0.492 e. The molecule has 0 bridgehead atoms. The second-order valence-corrected chi connectivity index (χ2v) is 8.05. The minimum absolute atomic E-state index is 0.113. The zero-order valence-corrected chi connectivity index (χ0v) is 16.9. The van der Waals surface area contributed by atoms with Crippen molar-refractivity contribution in [2.45, 2.75) is 37.8 Å². The van der Waals surface area contributed by atoms with Crippen LogP contribution in [0.25, 0.3) is 11.3 Å². The van der Waals surface area contributed by atoms with Crippen molar-refractivity contribution in [3.8, 4) is 28.8 Å². The molecule has 2 saturated carbocycles. The van der Waals surface area contributed by atoms with Crippen molar-refractivity contribution in [3.63, 3.8) is 0 Å². The maximum Gasteiger partial charge on any atom is 0.158 e. The summed E-state index contributed by atoms with van der Waals surface area (Å²) in [5, 5.41) is 19.4. The highest BCUT2D eigenvalue weighted by atomic mass is 16.5. The van der Waals surface area contributed by atoms with Gasteiger partial charge in [0.1, 0.15) is 29.5 Å². The van der Waals surface area contributed by atoms with Crippen LogP contribution in [0.5, 0.6) is 11.5 Å². The van der Waals surface area contributed by atoms with Gasteiger partial charge in [0.25, 0.3) is 0 Å². The van der Waals surface area contributed by atoms with Crippen LogP contribution in [0.3, 0.4) is 0 Å². The summed E-state index contributed by atoms with van der Waals surface area (Å²) in [6.45, 7) is 0.699. The van der Waals surface area contributed by atoms with Gasteiger partial charge in [-0.15, -0.1) is 0 Å². The Kier molecular flexibility index (Phi) is 5.14. The molecule has 0 aliphatic heterocycles. The number of nitrogens with zero attached hydrogens (tertiary/aromatic N) is 4. The van der Waals surface area contributed by atoms with Gasteiger partial charge in [0, 0.05) is 12.1 Å². The molecule has 1 aromatic carbocycles. The Morgan fingerprint density at radius 2 is 2.00 bits per heavy atom. The summed E-state index contributed by atoms with van der Waals surface area (Å²) >= 11 is 0. The quantitative estimate of drug-likeness (QED) is 0.509. The molecule has 2 aliphatic rings. The van der Waals surface area contributed by atoms with Crippen molar-refractivity contribution in [1.29, 1.82) is 5.26 Å². The first-order valence-corrected chi connectivity index (χ1v) is 10.4. The van der Waals surface area contributed by atoms with Crippen molar-refractivity contribution in [1.82, 2.24) is 20.2 Å². The fourth-order valence-electron chi connectivity index (χ4n) is 3.46. The fraction of sp³-hybridized carbons (Fsp3) is 0.364. The lowest BCUT2D eigenvalue weighted by Crippen LogP contribution is -2.43. The smallest absolute Gasteiger partial charge is 0.158 e. The third-order valence-electron chi connectivity index (χ3n) is 5.45. The van der Waals surface area contributed by atoms with Crippen LogP contribution in [-0.2, 0) is 0 Å². The van der Waals surface area contributed by atoms with E-state index in [2.05, 4.69) is 25.5 Å². The molecule has 2 fully saturated rings. The molecule has 0 spiro atoms. The van der Waals surface area contributed by atoms with E-state index in [1.54, 1.807) is 0 Å². The topological polar surface area (TPSA) is 135 Å². The van der Waals surface area contributed by atoms with Crippen LogP contribution >= 0.6 is 0 Å². The molecule has 9 heteroatoms. The Morgan fingerprint density at radius 3 is 2.71 bits per heavy atom. The Balaban J connectivity index is 1.40. The van der Waals surface area contributed by atoms with Crippen LogP contribution in [0, 0.1) is 17.2 Å². The maximum absolute atomic E-state index is 8.86. The monoisotopic (exact) mass is 417 g/mol. The van der Waals surface area contributed by atoms with Crippen molar-refractivity contribution in [2.75, 3.05) is 11.9 Å². The first kappa shape index (κ1) is 19.3. The summed E-state index contributed by atoms with van der Waals surface area (Å²) in [6.07, 6.45) is 7.14. The second-order valence-electron chi connectivity index (χ2n) is 8.05. The number of nitrogens with two attached hydrogens (primary N) is 1. The van der Waals surface area contributed by atoms with Gasteiger partial charge in [0.2, 0.25) is 0 Å². The highest BCUT2D eigenvalue weighted by Gasteiger charge is 2.29. The molecular weight excluding hydrogens is 394 g/mol. The molecule has 2 heterocycles. The predicted octanol–water partition coefficient (Wildman–Crippen LogP) is 3.14. The standard InChI is InChI=1S/C22H23N7O2/c23-9-15-10-26-21(11-25-15)27-20-8-17(28-29-20)22-18(30-12-13-4-5-13)2-1-3-19(22)31-16-6-14(24)7-16/h1-3,8,10-11,13-14,16H,4-7,12,24H2,(H2,26,27,28,29). The van der Waals surface area contributed by atoms with E-state index in [1.807, 2.05) is 30.3 Å². The number of hydrogen-bond acceptors (Lipinski definition) is 8. The molecule has 31 heavy (non-hydrogen) atoms. The Hall–Kier alpha value is -3.64. The first-order chi connectivity index (χ1) is 15.2. The number of rotatable bonds is 8. The van der Waals surface area contributed by atoms with Gasteiger partial charge in [0.05, 0.1) is 30.3 Å². The van der Waals surface area contributed by atoms with E-state index < -0.39 is 0 Å². The lowest BCUT2D eigenvalue weighted by Gasteiger charge is -2.33. The molecule has 0 atom stereocenters. The predicted molar refractivity (Wildman–Crippen MR) is 114 cm³/mol. The molecule has 0 radical (unpaired) electrons. The number of aromatic nitrogens is 4. The number of aromatic amines is 1. The van der Waals surface area contributed by atoms with Gasteiger partial charge in [-0.1, -0.05) is 6.07 Å². The number of anilines is 2. The Bertz CT molecular complexity index is 1100. The van der Waals surface area contributed by atoms with E-state index in [-0.39, 0.29) is 17.8 Å². The van der Waals surface area contributed by atoms with Crippen LogP contribution in [-0.4, -0.2) is 38.9 Å². The number of ether oxygens (including phenoxy) is 2. The summed E-state index contributed by atoms with van der Waals surface area (Å²) in [6, 6.07) is 9.88. The molecule has 2 aromatic heterocycles. The normalized spacial score (nSPS) is 19.9. The number of H-pyrrole nitrogens is 1. The van der Waals surface area contributed by atoms with Gasteiger partial charge in [-0.2, -0.15) is 10.4 Å². The molecule has 0 unspecified atom stereocenters. The van der Waals surface area contributed by atoms with Crippen LogP contribution < -0.4 is 20.5 Å². The lowest BCUT2D eigenvalue weighted by molar-refractivity contribution is 0.101. The SMILES string of the molecule is N#Cc1cnc(Nc2cc(-c3c(OCC4CC4)cccc3OC3CC(N)C3)[nH]n2)cn1. The van der Waals surface area contributed by atoms with Gasteiger partial charge in [-0.05, 0) is 43.7 Å². The van der Waals surface area contributed by atoms with Crippen molar-refractivity contribution >= 4 is 11.6 Å². The van der Waals surface area contributed by atoms with Crippen LogP contribution in [0.4, 0.5) is 11.6 Å². The molecule has 158 valence electrons. The zero-order chi connectivity index (χ0) is 21.2. The number of nitrogens with one attached hydrogen (secondary N) is 2. The molecule has 9 nitrogen and oxygen atoms in total. The van der Waals surface area contributed by atoms with E-state index >= 15 is 0 Å². The van der Waals surface area contributed by atoms with Gasteiger partial charge in [-0.25, -0.2) is 9.97 Å². The second kappa shape index (κ2) is 8.24. The van der Waals surface area contributed by atoms with E-state index in [4.69, 9.17) is 20.5 Å². The molecule has 0 saturated heterocycles. The van der Waals surface area contributed by atoms with Crippen molar-refractivity contribution in [3.05, 3.63) is 42.4 Å². The third-order valence-corrected chi connectivity index (χ3v) is 5.45. The molecular formula is C22H23N7O2. The van der Waals surface area contributed by atoms with E-state index in [9.17, 15) is 0 Å². The highest BCUT2D eigenvalue weighted by molar-refractivity contribution is 5.76. The van der Waals surface area contributed by atoms with Gasteiger partial charge in [0.15, 0.2) is 11.5 Å². The zero-order valence-electron chi connectivity index (χ0n) is 16.9. The number of nitriles is 1. The third kappa shape index (κ3) is 4.44. The summed E-state index contributed by atoms with van der Waals surface area (Å²) in [7, 11) is 0. The van der Waals surface area contributed by atoms with Crippen molar-refractivity contribution in [2.24, 2.45) is 11.7 Å². The van der Waals surface area contributed by atoms with Gasteiger partial charge >= 0.3 is 0 Å². The number of hydrogen-bond donors (Lipinski definition) is 3. The van der Waals surface area contributed by atoms with Crippen LogP contribution in [0.1, 0.15) is 31.4 Å². The average molecular weight is 417 g/mol. The molecule has 4 N–H and O–H groups in total. The Labute approximate surface area is 179 Å². The van der Waals surface area contributed by atoms with Gasteiger partial charge < -0.3 is 20.5 Å². The summed E-state index contributed by atoms with van der Waals surface area (Å²) < 4.78 is 12.4. The minimum atomic E-state index is 0.113. The molecule has 5 rings (SSSR count). The average Bonchev–Trinajstić information content (AvgIpc) is 3.49. The summed E-state index contributed by atoms with van der Waals surface area (Å²) in [4.78, 5) is 8.19. The highest BCUT2D eigenvalue weighted by Crippen LogP contribution is 2.41. The van der Waals surface area contributed by atoms with Crippen molar-refractivity contribution < 1.29 is 9.47 Å². The first-order valence-electron chi connectivity index (χ1n) is 10.4. The Morgan fingerprint density at radius 1 is 1.16 bits per heavy atom. The molecule has 3 aromatic rings.